The number of unbranched alkanes of at least 4 members (excludes halogenated alkanes) is 3. The molecule has 11 heteroatoms. The number of benzene rings is 2. The van der Waals surface area contributed by atoms with Crippen molar-refractivity contribution in [3.8, 4) is 17.2 Å². The van der Waals surface area contributed by atoms with Gasteiger partial charge in [-0.2, -0.15) is 8.42 Å². The van der Waals surface area contributed by atoms with E-state index in [1.54, 1.807) is 38.4 Å². The van der Waals surface area contributed by atoms with E-state index in [9.17, 15) is 28.5 Å². The van der Waals surface area contributed by atoms with Crippen LogP contribution in [-0.4, -0.2) is 55.2 Å². The molecule has 184 valence electrons. The molecule has 34 heavy (non-hydrogen) atoms. The molecule has 0 bridgehead atoms. The fourth-order valence-corrected chi connectivity index (χ4v) is 4.59. The molecular weight excluding hydrogens is 462 g/mol. The van der Waals surface area contributed by atoms with Gasteiger partial charge in [-0.15, -0.1) is 0 Å². The fourth-order valence-electron chi connectivity index (χ4n) is 3.53. The number of hydrogen-bond acceptors (Lipinski definition) is 7. The molecule has 2 aromatic carbocycles. The number of ether oxygens (including phenoxy) is 1. The predicted molar refractivity (Wildman–Crippen MR) is 127 cm³/mol. The maximum absolute atomic E-state index is 12.3. The average Bonchev–Trinajstić information content (AvgIpc) is 3.05. The number of carbonyl (C=O) groups excluding carboxylic acids is 1. The Morgan fingerprint density at radius 3 is 2.44 bits per heavy atom. The number of phenols is 2. The Morgan fingerprint density at radius 2 is 1.76 bits per heavy atom. The molecule has 0 radical (unpaired) electrons. The van der Waals surface area contributed by atoms with Crippen LogP contribution in [0, 0.1) is 0 Å². The van der Waals surface area contributed by atoms with Gasteiger partial charge >= 0.3 is 10.2 Å². The van der Waals surface area contributed by atoms with Crippen LogP contribution in [0.2, 0.25) is 0 Å². The molecule has 10 nitrogen and oxygen atoms in total. The second-order valence-corrected chi connectivity index (χ2v) is 9.65. The number of amides is 1. The van der Waals surface area contributed by atoms with Gasteiger partial charge in [0.2, 0.25) is 5.88 Å². The van der Waals surface area contributed by atoms with Crippen LogP contribution in [0.3, 0.4) is 0 Å². The summed E-state index contributed by atoms with van der Waals surface area (Å²) in [6.07, 6.45) is 5.05. The third kappa shape index (κ3) is 5.84. The second kappa shape index (κ2) is 10.6. The van der Waals surface area contributed by atoms with Crippen molar-refractivity contribution in [1.82, 2.24) is 9.62 Å². The lowest BCUT2D eigenvalue weighted by atomic mass is 10.1. The molecule has 3 rings (SSSR count). The van der Waals surface area contributed by atoms with Crippen molar-refractivity contribution < 1.29 is 33.3 Å². The standard InChI is InChI=1S/C23H29N3O7S/c1-25(2)23(30)22-19(28)9-7-10-20(22)33-13-6-4-3-5-8-16-11-12-18(27)17(14-16)26-15-21(29)24-34(26,31)32/h7,9-12,14-15,24,27-29H,3-6,8,13H2,1-2H3. The highest BCUT2D eigenvalue weighted by Gasteiger charge is 2.30. The van der Waals surface area contributed by atoms with Crippen molar-refractivity contribution in [2.24, 2.45) is 0 Å². The monoisotopic (exact) mass is 491 g/mol. The van der Waals surface area contributed by atoms with Crippen molar-refractivity contribution in [3.05, 3.63) is 59.6 Å². The summed E-state index contributed by atoms with van der Waals surface area (Å²) in [5.41, 5.74) is 1.07. The molecule has 2 aromatic rings. The van der Waals surface area contributed by atoms with Gasteiger partial charge in [0.05, 0.1) is 12.8 Å². The van der Waals surface area contributed by atoms with E-state index in [1.807, 2.05) is 4.72 Å². The maximum Gasteiger partial charge on any atom is 0.330 e. The van der Waals surface area contributed by atoms with Crippen molar-refractivity contribution in [3.63, 3.8) is 0 Å². The topological polar surface area (TPSA) is 140 Å². The van der Waals surface area contributed by atoms with Crippen LogP contribution in [0.4, 0.5) is 5.69 Å². The number of aliphatic hydroxyl groups excluding tert-OH is 1. The molecule has 4 N–H and O–H groups in total. The number of aromatic hydroxyl groups is 2. The lowest BCUT2D eigenvalue weighted by Gasteiger charge is -2.16. The predicted octanol–water partition coefficient (Wildman–Crippen LogP) is 2.99. The zero-order valence-electron chi connectivity index (χ0n) is 19.1. The van der Waals surface area contributed by atoms with Crippen molar-refractivity contribution in [1.29, 1.82) is 0 Å². The van der Waals surface area contributed by atoms with E-state index in [0.29, 0.717) is 18.8 Å². The Hall–Kier alpha value is -3.60. The number of nitrogens with one attached hydrogen (secondary N) is 1. The van der Waals surface area contributed by atoms with Crippen molar-refractivity contribution in [2.45, 2.75) is 32.1 Å². The van der Waals surface area contributed by atoms with Gasteiger partial charge in [0.1, 0.15) is 28.5 Å². The molecule has 0 aliphatic carbocycles. The Labute approximate surface area is 198 Å². The molecule has 1 aliphatic rings. The summed E-state index contributed by atoms with van der Waals surface area (Å²) in [5.74, 6) is -0.828. The molecule has 0 saturated heterocycles. The number of carbonyl (C=O) groups is 1. The quantitative estimate of drug-likeness (QED) is 0.375. The smallest absolute Gasteiger partial charge is 0.330 e. The third-order valence-electron chi connectivity index (χ3n) is 5.25. The minimum Gasteiger partial charge on any atom is -0.507 e. The zero-order valence-corrected chi connectivity index (χ0v) is 19.9. The minimum absolute atomic E-state index is 0.0663. The van der Waals surface area contributed by atoms with Crippen LogP contribution in [0.25, 0.3) is 0 Å². The van der Waals surface area contributed by atoms with Crippen molar-refractivity contribution in [2.75, 3.05) is 25.0 Å². The van der Waals surface area contributed by atoms with Gasteiger partial charge in [0.25, 0.3) is 5.91 Å². The van der Waals surface area contributed by atoms with Gasteiger partial charge in [0.15, 0.2) is 0 Å². The first kappa shape index (κ1) is 25.0. The molecule has 0 atom stereocenters. The van der Waals surface area contributed by atoms with Gasteiger partial charge in [-0.3, -0.25) is 4.79 Å². The lowest BCUT2D eigenvalue weighted by Crippen LogP contribution is -2.29. The highest BCUT2D eigenvalue weighted by atomic mass is 32.2. The van der Waals surface area contributed by atoms with Gasteiger partial charge in [-0.05, 0) is 49.1 Å². The number of aryl methyl sites for hydroxylation is 1. The molecule has 1 heterocycles. The summed E-state index contributed by atoms with van der Waals surface area (Å²) in [5, 5.41) is 29.6. The fraction of sp³-hybridized carbons (Fsp3) is 0.348. The van der Waals surface area contributed by atoms with Crippen LogP contribution in [0.1, 0.15) is 41.6 Å². The molecule has 0 spiro atoms. The number of anilines is 1. The van der Waals surface area contributed by atoms with E-state index >= 15 is 0 Å². The van der Waals surface area contributed by atoms with E-state index < -0.39 is 16.1 Å². The van der Waals surface area contributed by atoms with Gasteiger partial charge < -0.3 is 25.0 Å². The molecule has 0 fully saturated rings. The van der Waals surface area contributed by atoms with Crippen LogP contribution in [-0.2, 0) is 16.6 Å². The Balaban J connectivity index is 1.47. The normalized spacial score (nSPS) is 14.4. The number of phenolic OH excluding ortho intramolecular Hbond substituents is 2. The van der Waals surface area contributed by atoms with Crippen LogP contribution >= 0.6 is 0 Å². The Morgan fingerprint density at radius 1 is 1.03 bits per heavy atom. The average molecular weight is 492 g/mol. The Bertz CT molecular complexity index is 1180. The Kier molecular flexibility index (Phi) is 7.77. The van der Waals surface area contributed by atoms with Gasteiger partial charge in [0, 0.05) is 14.1 Å². The summed E-state index contributed by atoms with van der Waals surface area (Å²) in [4.78, 5) is 13.7. The summed E-state index contributed by atoms with van der Waals surface area (Å²) in [6, 6.07) is 9.48. The number of rotatable bonds is 10. The zero-order chi connectivity index (χ0) is 24.9. The molecule has 0 aromatic heterocycles. The molecular formula is C23H29N3O7S. The van der Waals surface area contributed by atoms with Crippen LogP contribution < -0.4 is 13.8 Å². The van der Waals surface area contributed by atoms with Crippen LogP contribution in [0.15, 0.2) is 48.5 Å². The van der Waals surface area contributed by atoms with E-state index in [2.05, 4.69) is 0 Å². The first-order valence-corrected chi connectivity index (χ1v) is 12.3. The van der Waals surface area contributed by atoms with Gasteiger partial charge in [-0.1, -0.05) is 25.0 Å². The SMILES string of the molecule is CN(C)C(=O)c1c(O)cccc1OCCCCCCc1ccc(O)c(N2C=C(O)NS2(=O)=O)c1. The van der Waals surface area contributed by atoms with E-state index in [4.69, 9.17) is 4.74 Å². The van der Waals surface area contributed by atoms with Gasteiger partial charge in [-0.25, -0.2) is 9.03 Å². The maximum atomic E-state index is 12.3. The van der Waals surface area contributed by atoms with E-state index in [-0.39, 0.29) is 28.7 Å². The first-order valence-electron chi connectivity index (χ1n) is 10.8. The van der Waals surface area contributed by atoms with E-state index in [0.717, 1.165) is 41.8 Å². The first-order chi connectivity index (χ1) is 16.1. The summed E-state index contributed by atoms with van der Waals surface area (Å²) >= 11 is 0. The minimum atomic E-state index is -3.98. The van der Waals surface area contributed by atoms with Crippen LogP contribution in [0.5, 0.6) is 17.2 Å². The number of nitrogens with zero attached hydrogens (tertiary/aromatic N) is 2. The lowest BCUT2D eigenvalue weighted by molar-refractivity contribution is 0.0820. The summed E-state index contributed by atoms with van der Waals surface area (Å²) < 4.78 is 32.6. The summed E-state index contributed by atoms with van der Waals surface area (Å²) in [7, 11) is -0.759. The second-order valence-electron chi connectivity index (χ2n) is 8.10. The highest BCUT2D eigenvalue weighted by molar-refractivity contribution is 7.91. The number of hydrogen-bond donors (Lipinski definition) is 4. The molecule has 1 aliphatic heterocycles. The molecule has 0 unspecified atom stereocenters. The molecule has 0 saturated carbocycles. The molecule has 1 amide bonds. The van der Waals surface area contributed by atoms with E-state index in [1.165, 1.54) is 17.0 Å². The number of aliphatic hydroxyl groups is 1. The third-order valence-corrected chi connectivity index (χ3v) is 6.54. The highest BCUT2D eigenvalue weighted by Crippen LogP contribution is 2.33. The largest absolute Gasteiger partial charge is 0.507 e. The van der Waals surface area contributed by atoms with Crippen molar-refractivity contribution >= 4 is 21.8 Å². The summed E-state index contributed by atoms with van der Waals surface area (Å²) in [6.45, 7) is 0.399.